The molecule has 0 aliphatic carbocycles. The highest BCUT2D eigenvalue weighted by atomic mass is 19.4. The average Bonchev–Trinajstić information content (AvgIpc) is 3.36. The minimum Gasteiger partial charge on any atom is -0.455 e. The van der Waals surface area contributed by atoms with Gasteiger partial charge in [-0.05, 0) is 78.7 Å². The maximum Gasteiger partial charge on any atom is 0.425 e. The lowest BCUT2D eigenvalue weighted by atomic mass is 9.74. The Balaban J connectivity index is 1.74. The highest BCUT2D eigenvalue weighted by Crippen LogP contribution is 2.42. The van der Waals surface area contributed by atoms with Crippen LogP contribution in [0, 0.1) is 17.8 Å². The molecule has 1 amide bonds. The van der Waals surface area contributed by atoms with E-state index in [2.05, 4.69) is 5.43 Å². The van der Waals surface area contributed by atoms with Crippen molar-refractivity contribution in [3.8, 4) is 0 Å². The Kier molecular flexibility index (Phi) is 13.7. The number of alkyl halides is 3. The van der Waals surface area contributed by atoms with E-state index < -0.39 is 83.4 Å². The van der Waals surface area contributed by atoms with E-state index >= 15 is 0 Å². The van der Waals surface area contributed by atoms with Crippen molar-refractivity contribution in [3.63, 3.8) is 0 Å². The summed E-state index contributed by atoms with van der Waals surface area (Å²) in [5, 5.41) is 12.6. The number of aliphatic hydroxyl groups is 1. The van der Waals surface area contributed by atoms with Crippen molar-refractivity contribution in [3.05, 3.63) is 47.0 Å². The number of nitrogens with one attached hydrogen (secondary N) is 1. The molecule has 2 fully saturated rings. The molecule has 12 nitrogen and oxygen atoms in total. The standard InChI is InChI=1S/C39H58F3N3O9/c1-12-29-38(8)32(45(36(49)54-38)43-20-26-13-15-27(16-14-26)39(40,41)42)25(6)30(46)23(4)19-37(7,50-11)33(21(2)17-22(3)34(48)52-29)53-35-31(47)28(44(9)10)18-24(5)51-35/h13-17,21,23-25,28-29,31-33,35,43,47H,12,18-20H2,1-11H3/b22-17+/t21-,23+,24+,25-,28-,29+,31+,32+,33+,35-,37+,38+/m0/s1. The van der Waals surface area contributed by atoms with Crippen LogP contribution in [0.25, 0.3) is 0 Å². The molecule has 1 aromatic carbocycles. The molecule has 3 aliphatic heterocycles. The fourth-order valence-electron chi connectivity index (χ4n) is 8.42. The number of hydrogen-bond acceptors (Lipinski definition) is 11. The molecular formula is C39H58F3N3O9. The summed E-state index contributed by atoms with van der Waals surface area (Å²) < 4.78 is 70.6. The normalized spacial score (nSPS) is 38.3. The molecule has 304 valence electrons. The van der Waals surface area contributed by atoms with E-state index in [1.54, 1.807) is 40.7 Å². The smallest absolute Gasteiger partial charge is 0.425 e. The summed E-state index contributed by atoms with van der Waals surface area (Å²) in [4.78, 5) is 43.9. The Morgan fingerprint density at radius 2 is 1.70 bits per heavy atom. The van der Waals surface area contributed by atoms with Crippen LogP contribution in [0.3, 0.4) is 0 Å². The highest BCUT2D eigenvalue weighted by molar-refractivity contribution is 5.88. The molecule has 2 N–H and O–H groups in total. The van der Waals surface area contributed by atoms with E-state index in [0.717, 1.165) is 12.1 Å². The molecule has 0 radical (unpaired) electrons. The Morgan fingerprint density at radius 3 is 2.26 bits per heavy atom. The Hall–Kier alpha value is -3.08. The van der Waals surface area contributed by atoms with Gasteiger partial charge in [-0.1, -0.05) is 45.9 Å². The van der Waals surface area contributed by atoms with Crippen LogP contribution in [0.5, 0.6) is 0 Å². The van der Waals surface area contributed by atoms with Gasteiger partial charge in [0.25, 0.3) is 0 Å². The third-order valence-corrected chi connectivity index (χ3v) is 11.4. The first kappa shape index (κ1) is 43.6. The maximum absolute atomic E-state index is 14.5. The summed E-state index contributed by atoms with van der Waals surface area (Å²) in [6.07, 6.45) is -6.73. The topological polar surface area (TPSA) is 136 Å². The van der Waals surface area contributed by atoms with Gasteiger partial charge >= 0.3 is 18.2 Å². The van der Waals surface area contributed by atoms with E-state index in [1.165, 1.54) is 24.3 Å². The van der Waals surface area contributed by atoms with Gasteiger partial charge in [-0.15, -0.1) is 0 Å². The number of carbonyl (C=O) groups is 3. The van der Waals surface area contributed by atoms with Crippen molar-refractivity contribution >= 4 is 17.8 Å². The lowest BCUT2D eigenvalue weighted by Crippen LogP contribution is -2.60. The number of likely N-dealkylation sites (N-methyl/N-ethyl adjacent to an activating group) is 1. The van der Waals surface area contributed by atoms with Crippen molar-refractivity contribution in [1.29, 1.82) is 0 Å². The van der Waals surface area contributed by atoms with E-state index in [-0.39, 0.29) is 42.9 Å². The molecule has 0 spiro atoms. The number of hydrogen-bond donors (Lipinski definition) is 2. The lowest BCUT2D eigenvalue weighted by molar-refractivity contribution is -0.294. The van der Waals surface area contributed by atoms with Crippen LogP contribution >= 0.6 is 0 Å². The SMILES string of the molecule is CC[C@H]1OC(=O)/C(C)=C/[C@H](C)[C@@H](O[C@@H]2O[C@H](C)C[C@H](N(C)C)[C@H]2O)[C@](C)(OC)C[C@@H](C)C(=O)[C@H](C)[C@H]2N(NCc3ccc(C(F)(F)F)cc3)C(=O)O[C@]12C. The number of ether oxygens (including phenoxy) is 5. The van der Waals surface area contributed by atoms with Gasteiger partial charge in [0.2, 0.25) is 0 Å². The molecule has 15 heteroatoms. The van der Waals surface area contributed by atoms with Crippen LogP contribution in [0.1, 0.15) is 85.8 Å². The molecular weight excluding hydrogens is 711 g/mol. The number of carbonyl (C=O) groups excluding carboxylic acids is 3. The van der Waals surface area contributed by atoms with Crippen LogP contribution in [0.4, 0.5) is 18.0 Å². The van der Waals surface area contributed by atoms with Crippen molar-refractivity contribution in [1.82, 2.24) is 15.3 Å². The number of cyclic esters (lactones) is 1. The van der Waals surface area contributed by atoms with Gasteiger partial charge in [-0.2, -0.15) is 13.2 Å². The summed E-state index contributed by atoms with van der Waals surface area (Å²) in [5.41, 5.74) is 0.218. The zero-order valence-electron chi connectivity index (χ0n) is 33.2. The number of aliphatic hydroxyl groups excluding tert-OH is 1. The first-order chi connectivity index (χ1) is 25.1. The number of hydrazine groups is 1. The summed E-state index contributed by atoms with van der Waals surface area (Å²) in [6.45, 7) is 14.0. The van der Waals surface area contributed by atoms with E-state index in [4.69, 9.17) is 23.7 Å². The monoisotopic (exact) mass is 769 g/mol. The summed E-state index contributed by atoms with van der Waals surface area (Å²) in [6, 6.07) is 3.26. The van der Waals surface area contributed by atoms with Crippen LogP contribution < -0.4 is 5.43 Å². The van der Waals surface area contributed by atoms with Gasteiger partial charge in [0.15, 0.2) is 11.9 Å². The number of nitrogens with zero attached hydrogens (tertiary/aromatic N) is 2. The summed E-state index contributed by atoms with van der Waals surface area (Å²) >= 11 is 0. The fraction of sp³-hybridized carbons (Fsp3) is 0.718. The molecule has 12 atom stereocenters. The zero-order valence-corrected chi connectivity index (χ0v) is 33.2. The predicted molar refractivity (Wildman–Crippen MR) is 193 cm³/mol. The number of halogens is 3. The second kappa shape index (κ2) is 17.0. The minimum atomic E-state index is -4.51. The molecule has 3 heterocycles. The number of ketones is 1. The molecule has 0 unspecified atom stereocenters. The van der Waals surface area contributed by atoms with E-state index in [0.29, 0.717) is 12.0 Å². The minimum absolute atomic E-state index is 0.0598. The Morgan fingerprint density at radius 1 is 1.07 bits per heavy atom. The number of esters is 1. The Bertz CT molecular complexity index is 1520. The summed E-state index contributed by atoms with van der Waals surface area (Å²) in [7, 11) is 5.27. The van der Waals surface area contributed by atoms with Crippen molar-refractivity contribution in [2.75, 3.05) is 21.2 Å². The second-order valence-electron chi connectivity index (χ2n) is 15.8. The lowest BCUT2D eigenvalue weighted by Gasteiger charge is -2.46. The van der Waals surface area contributed by atoms with Crippen LogP contribution in [0.2, 0.25) is 0 Å². The molecule has 54 heavy (non-hydrogen) atoms. The first-order valence-corrected chi connectivity index (χ1v) is 18.6. The first-order valence-electron chi connectivity index (χ1n) is 18.6. The quantitative estimate of drug-likeness (QED) is 0.318. The van der Waals surface area contributed by atoms with E-state index in [9.17, 15) is 32.7 Å². The molecule has 0 aromatic heterocycles. The van der Waals surface area contributed by atoms with Crippen LogP contribution in [0.15, 0.2) is 35.9 Å². The Labute approximate surface area is 316 Å². The third kappa shape index (κ3) is 9.13. The van der Waals surface area contributed by atoms with Gasteiger partial charge in [0.05, 0.1) is 23.4 Å². The molecule has 0 bridgehead atoms. The predicted octanol–water partition coefficient (Wildman–Crippen LogP) is 5.66. The largest absolute Gasteiger partial charge is 0.455 e. The van der Waals surface area contributed by atoms with Crippen molar-refractivity contribution < 1.29 is 56.3 Å². The van der Waals surface area contributed by atoms with Gasteiger partial charge in [-0.3, -0.25) is 4.79 Å². The van der Waals surface area contributed by atoms with E-state index in [1.807, 2.05) is 39.8 Å². The number of benzene rings is 1. The molecule has 4 rings (SSSR count). The molecule has 0 saturated carbocycles. The zero-order chi connectivity index (χ0) is 40.5. The third-order valence-electron chi connectivity index (χ3n) is 11.4. The van der Waals surface area contributed by atoms with Gasteiger partial charge in [-0.25, -0.2) is 20.0 Å². The van der Waals surface area contributed by atoms with Crippen molar-refractivity contribution in [2.24, 2.45) is 17.8 Å². The molecule has 2 saturated heterocycles. The number of rotatable bonds is 8. The maximum atomic E-state index is 14.5. The van der Waals surface area contributed by atoms with Gasteiger partial charge in [0, 0.05) is 43.0 Å². The number of fused-ring (bicyclic) bond motifs is 1. The fourth-order valence-corrected chi connectivity index (χ4v) is 8.42. The summed E-state index contributed by atoms with van der Waals surface area (Å²) in [5.74, 6) is -2.97. The van der Waals surface area contributed by atoms with Gasteiger partial charge in [0.1, 0.15) is 24.0 Å². The van der Waals surface area contributed by atoms with Gasteiger partial charge < -0.3 is 33.7 Å². The van der Waals surface area contributed by atoms with Crippen LogP contribution in [-0.4, -0.2) is 108 Å². The highest BCUT2D eigenvalue weighted by Gasteiger charge is 2.60. The van der Waals surface area contributed by atoms with Crippen LogP contribution in [-0.2, 0) is 46.0 Å². The molecule has 3 aliphatic rings. The van der Waals surface area contributed by atoms with Crippen molar-refractivity contribution in [2.45, 2.75) is 141 Å². The number of Topliss-reactive ketones (excluding diaryl/α,β-unsaturated/α-hetero) is 1. The average molecular weight is 770 g/mol. The molecule has 1 aromatic rings. The number of methoxy groups -OCH3 is 1. The number of amides is 1. The second-order valence-corrected chi connectivity index (χ2v) is 15.8.